The van der Waals surface area contributed by atoms with Crippen molar-refractivity contribution in [3.8, 4) is 0 Å². The second kappa shape index (κ2) is 16.2. The van der Waals surface area contributed by atoms with Crippen LogP contribution in [0.3, 0.4) is 0 Å². The smallest absolute Gasteiger partial charge is 0.412 e. The molecule has 0 atom stereocenters. The molecule has 0 bridgehead atoms. The second-order valence-electron chi connectivity index (χ2n) is 8.70. The Morgan fingerprint density at radius 2 is 0.909 bits per heavy atom. The summed E-state index contributed by atoms with van der Waals surface area (Å²) in [7, 11) is 0. The molecule has 0 heterocycles. The third-order valence-corrected chi connectivity index (χ3v) is 5.75. The zero-order valence-corrected chi connectivity index (χ0v) is 23.1. The number of carbonyl (C=O) groups excluding carboxylic acids is 6. The Balaban J connectivity index is 1.70. The Bertz CT molecular complexity index is 1530. The zero-order valence-electron chi connectivity index (χ0n) is 23.1. The van der Waals surface area contributed by atoms with Gasteiger partial charge in [0.2, 0.25) is 18.2 Å². The van der Waals surface area contributed by atoms with Crippen LogP contribution in [0.1, 0.15) is 13.3 Å². The molecule has 224 valence electrons. The van der Waals surface area contributed by atoms with E-state index in [9.17, 15) is 28.8 Å². The Kier molecular flexibility index (Phi) is 11.8. The number of rotatable bonds is 12. The summed E-state index contributed by atoms with van der Waals surface area (Å²) in [6.45, 7) is 0.588. The van der Waals surface area contributed by atoms with Gasteiger partial charge < -0.3 is 14.2 Å². The third kappa shape index (κ3) is 10.2. The van der Waals surface area contributed by atoms with Crippen molar-refractivity contribution in [2.24, 2.45) is 15.0 Å². The summed E-state index contributed by atoms with van der Waals surface area (Å²) in [4.78, 5) is 79.5. The van der Waals surface area contributed by atoms with Gasteiger partial charge in [-0.3, -0.25) is 16.0 Å². The maximum absolute atomic E-state index is 12.8. The number of carbonyl (C=O) groups is 3. The van der Waals surface area contributed by atoms with E-state index in [1.165, 1.54) is 91.0 Å². The first-order valence-electron chi connectivity index (χ1n) is 12.7. The number of aliphatic imine (C=N–C) groups is 3. The molecule has 3 aromatic rings. The molecule has 44 heavy (non-hydrogen) atoms. The van der Waals surface area contributed by atoms with Crippen LogP contribution >= 0.6 is 0 Å². The lowest BCUT2D eigenvalue weighted by atomic mass is 10.0. The van der Waals surface area contributed by atoms with Crippen LogP contribution in [0, 0.1) is 0 Å². The number of nitrogens with zero attached hydrogens (tertiary/aromatic N) is 3. The lowest BCUT2D eigenvalue weighted by Gasteiger charge is -2.31. The van der Waals surface area contributed by atoms with E-state index in [0.717, 1.165) is 0 Å². The molecular weight excluding hydrogens is 576 g/mol. The fourth-order valence-corrected chi connectivity index (χ4v) is 3.43. The Labute approximate surface area is 249 Å². The highest BCUT2D eigenvalue weighted by atomic mass is 16.6. The summed E-state index contributed by atoms with van der Waals surface area (Å²) >= 11 is 0. The largest absolute Gasteiger partial charge is 0.445 e. The predicted octanol–water partition coefficient (Wildman–Crippen LogP) is 5.78. The summed E-state index contributed by atoms with van der Waals surface area (Å²) in [6, 6.07) is 17.7. The molecule has 0 saturated heterocycles. The number of nitrogens with one attached hydrogen (secondary N) is 3. The molecule has 0 unspecified atom stereocenters. The van der Waals surface area contributed by atoms with Crippen molar-refractivity contribution in [1.29, 1.82) is 0 Å². The third-order valence-electron chi connectivity index (χ3n) is 5.75. The van der Waals surface area contributed by atoms with Gasteiger partial charge in [-0.05, 0) is 79.2 Å². The molecule has 0 fully saturated rings. The molecular formula is C29H24N6O9. The summed E-state index contributed by atoms with van der Waals surface area (Å²) < 4.78 is 16.2. The number of isocyanates is 3. The molecule has 3 amide bonds. The molecule has 0 aliphatic rings. The molecule has 3 aromatic carbocycles. The van der Waals surface area contributed by atoms with E-state index >= 15 is 0 Å². The van der Waals surface area contributed by atoms with Gasteiger partial charge in [-0.2, -0.15) is 15.0 Å². The Morgan fingerprint density at radius 3 is 1.20 bits per heavy atom. The van der Waals surface area contributed by atoms with E-state index in [1.807, 2.05) is 0 Å². The number of amides is 3. The van der Waals surface area contributed by atoms with Crippen LogP contribution < -0.4 is 16.0 Å². The molecule has 0 aliphatic carbocycles. The van der Waals surface area contributed by atoms with Crippen LogP contribution in [-0.4, -0.2) is 55.3 Å². The molecule has 15 nitrogen and oxygen atoms in total. The highest BCUT2D eigenvalue weighted by Crippen LogP contribution is 2.23. The van der Waals surface area contributed by atoms with Gasteiger partial charge in [-0.1, -0.05) is 6.92 Å². The van der Waals surface area contributed by atoms with Crippen molar-refractivity contribution in [3.63, 3.8) is 0 Å². The summed E-state index contributed by atoms with van der Waals surface area (Å²) in [5.74, 6) is 0. The number of benzene rings is 3. The van der Waals surface area contributed by atoms with Gasteiger partial charge in [0.25, 0.3) is 0 Å². The minimum absolute atomic E-state index is 0.0464. The highest BCUT2D eigenvalue weighted by molar-refractivity contribution is 5.87. The van der Waals surface area contributed by atoms with Crippen molar-refractivity contribution in [2.75, 3.05) is 29.2 Å². The average Bonchev–Trinajstić information content (AvgIpc) is 3.02. The zero-order chi connectivity index (χ0) is 31.8. The predicted molar refractivity (Wildman–Crippen MR) is 156 cm³/mol. The first-order chi connectivity index (χ1) is 21.3. The van der Waals surface area contributed by atoms with Gasteiger partial charge in [0.15, 0.2) is 5.60 Å². The van der Waals surface area contributed by atoms with Crippen LogP contribution in [0.15, 0.2) is 87.8 Å². The lowest BCUT2D eigenvalue weighted by molar-refractivity contribution is -0.0648. The topological polar surface area (TPSA) is 203 Å². The number of hydrogen-bond acceptors (Lipinski definition) is 12. The summed E-state index contributed by atoms with van der Waals surface area (Å²) in [5, 5.41) is 7.47. The van der Waals surface area contributed by atoms with Crippen LogP contribution in [0.5, 0.6) is 0 Å². The lowest BCUT2D eigenvalue weighted by Crippen LogP contribution is -2.46. The van der Waals surface area contributed by atoms with Crippen molar-refractivity contribution in [2.45, 2.75) is 18.9 Å². The van der Waals surface area contributed by atoms with Crippen molar-refractivity contribution in [3.05, 3.63) is 72.8 Å². The van der Waals surface area contributed by atoms with Crippen LogP contribution in [0.2, 0.25) is 0 Å². The minimum Gasteiger partial charge on any atom is -0.445 e. The highest BCUT2D eigenvalue weighted by Gasteiger charge is 2.37. The summed E-state index contributed by atoms with van der Waals surface area (Å²) in [6.07, 6.45) is 1.50. The molecule has 3 N–H and O–H groups in total. The van der Waals surface area contributed by atoms with E-state index in [1.54, 1.807) is 6.92 Å². The summed E-state index contributed by atoms with van der Waals surface area (Å²) in [5.41, 5.74) is 0.285. The maximum atomic E-state index is 12.8. The first kappa shape index (κ1) is 32.1. The fraction of sp³-hybridized carbons (Fsp3) is 0.172. The standard InChI is InChI=1S/C29H24N6O9/c1-2-29(44-28(41)35-25-13-7-22(8-14-25)32-19-38,15-42-26(39)33-23-9-3-20(4-10-23)30-17-36)16-43-27(40)34-24-11-5-21(6-12-24)31-18-37/h3-14H,2,15-16H2,1H3,(H,33,39)(H,34,40)(H,35,41). The van der Waals surface area contributed by atoms with Crippen LogP contribution in [0.25, 0.3) is 0 Å². The second-order valence-corrected chi connectivity index (χ2v) is 8.70. The van der Waals surface area contributed by atoms with E-state index in [4.69, 9.17) is 14.2 Å². The minimum atomic E-state index is -1.63. The number of ether oxygens (including phenoxy) is 3. The Morgan fingerprint density at radius 1 is 0.591 bits per heavy atom. The fourth-order valence-electron chi connectivity index (χ4n) is 3.43. The van der Waals surface area contributed by atoms with E-state index in [2.05, 4.69) is 30.9 Å². The molecule has 0 saturated carbocycles. The average molecular weight is 601 g/mol. The van der Waals surface area contributed by atoms with Gasteiger partial charge in [0.05, 0.1) is 17.1 Å². The Hall–Kier alpha value is -6.39. The van der Waals surface area contributed by atoms with Crippen molar-refractivity contribution < 1.29 is 43.0 Å². The quantitative estimate of drug-likeness (QED) is 0.131. The molecule has 15 heteroatoms. The van der Waals surface area contributed by atoms with E-state index in [-0.39, 0.29) is 6.42 Å². The molecule has 0 aromatic heterocycles. The van der Waals surface area contributed by atoms with Crippen molar-refractivity contribution >= 4 is 70.6 Å². The molecule has 0 aliphatic heterocycles. The molecule has 0 spiro atoms. The normalized spacial score (nSPS) is 11.1. The van der Waals surface area contributed by atoms with Crippen molar-refractivity contribution in [1.82, 2.24) is 0 Å². The van der Waals surface area contributed by atoms with Gasteiger partial charge in [-0.25, -0.2) is 28.8 Å². The molecule has 3 rings (SSSR count). The maximum Gasteiger partial charge on any atom is 0.412 e. The monoisotopic (exact) mass is 600 g/mol. The SMILES string of the molecule is CCC(COC(=O)Nc1ccc(N=C=O)cc1)(COC(=O)Nc1ccc(N=C=O)cc1)OC(=O)Nc1ccc(N=C=O)cc1. The number of anilines is 3. The van der Waals surface area contributed by atoms with Crippen LogP contribution in [-0.2, 0) is 28.6 Å². The van der Waals surface area contributed by atoms with Crippen LogP contribution in [0.4, 0.5) is 48.5 Å². The molecule has 0 radical (unpaired) electrons. The number of hydrogen-bond donors (Lipinski definition) is 3. The van der Waals surface area contributed by atoms with Gasteiger partial charge in [-0.15, -0.1) is 0 Å². The van der Waals surface area contributed by atoms with Gasteiger partial charge in [0.1, 0.15) is 13.2 Å². The van der Waals surface area contributed by atoms with E-state index < -0.39 is 37.1 Å². The van der Waals surface area contributed by atoms with Gasteiger partial charge in [0, 0.05) is 17.1 Å². The van der Waals surface area contributed by atoms with Gasteiger partial charge >= 0.3 is 18.3 Å². The van der Waals surface area contributed by atoms with E-state index in [0.29, 0.717) is 34.1 Å². The first-order valence-corrected chi connectivity index (χ1v) is 12.7.